The number of ether oxygens (including phenoxy) is 2. The molecule has 1 aliphatic carbocycles. The zero-order valence-corrected chi connectivity index (χ0v) is 21.5. The highest BCUT2D eigenvalue weighted by Gasteiger charge is 2.53. The minimum absolute atomic E-state index is 0. The molecule has 0 saturated heterocycles. The third kappa shape index (κ3) is 5.35. The molecule has 1 aromatic carbocycles. The summed E-state index contributed by atoms with van der Waals surface area (Å²) in [6.07, 6.45) is 4.32. The zero-order valence-electron chi connectivity index (χ0n) is 20.5. The van der Waals surface area contributed by atoms with Gasteiger partial charge in [-0.25, -0.2) is 0 Å². The molecule has 1 spiro atoms. The summed E-state index contributed by atoms with van der Waals surface area (Å²) in [7, 11) is 2.07. The van der Waals surface area contributed by atoms with E-state index in [2.05, 4.69) is 18.0 Å². The number of rotatable bonds is 8. The number of nitrogens with zero attached hydrogens (tertiary/aromatic N) is 1. The molecule has 2 heterocycles. The van der Waals surface area contributed by atoms with Gasteiger partial charge in [0, 0.05) is 31.4 Å². The van der Waals surface area contributed by atoms with Gasteiger partial charge in [-0.15, -0.1) is 0 Å². The molecule has 0 bridgehead atoms. The maximum Gasteiger partial charge on any atom is 0.307 e. The van der Waals surface area contributed by atoms with Crippen molar-refractivity contribution in [2.75, 3.05) is 13.6 Å². The Bertz CT molecular complexity index is 1020. The van der Waals surface area contributed by atoms with Crippen molar-refractivity contribution in [2.24, 2.45) is 11.8 Å². The Morgan fingerprint density at radius 3 is 2.69 bits per heavy atom. The first-order valence-corrected chi connectivity index (χ1v) is 11.9. The molecule has 4 atom stereocenters. The molecule has 3 aliphatic rings. The van der Waals surface area contributed by atoms with Crippen LogP contribution in [0, 0.1) is 11.8 Å². The largest absolute Gasteiger partial charge is 0.504 e. The van der Waals surface area contributed by atoms with Crippen molar-refractivity contribution < 1.29 is 34.1 Å². The van der Waals surface area contributed by atoms with E-state index >= 15 is 0 Å². The molecule has 0 amide bonds. The van der Waals surface area contributed by atoms with E-state index in [1.54, 1.807) is 19.9 Å². The Hall–Kier alpha value is -2.52. The van der Waals surface area contributed by atoms with E-state index in [0.29, 0.717) is 12.2 Å². The van der Waals surface area contributed by atoms with Crippen LogP contribution < -0.4 is 4.74 Å². The summed E-state index contributed by atoms with van der Waals surface area (Å²) in [5.41, 5.74) is 1.80. The summed E-state index contributed by atoms with van der Waals surface area (Å²) in [4.78, 5) is 38.2. The van der Waals surface area contributed by atoms with E-state index in [1.807, 2.05) is 12.1 Å². The minimum Gasteiger partial charge on any atom is -0.504 e. The molecule has 0 unspecified atom stereocenters. The number of phenols is 1. The molecular formula is C26H35NO7S. The summed E-state index contributed by atoms with van der Waals surface area (Å²) in [5, 5.41) is 19.7. The highest BCUT2D eigenvalue weighted by Crippen LogP contribution is 2.55. The second-order valence-corrected chi connectivity index (χ2v) is 10.1. The highest BCUT2D eigenvalue weighted by atomic mass is 32.1. The van der Waals surface area contributed by atoms with Gasteiger partial charge in [-0.3, -0.25) is 14.4 Å². The first-order valence-electron chi connectivity index (χ1n) is 11.9. The molecule has 0 fully saturated rings. The van der Waals surface area contributed by atoms with Crippen LogP contribution in [0.15, 0.2) is 24.3 Å². The van der Waals surface area contributed by atoms with Gasteiger partial charge in [-0.1, -0.05) is 26.0 Å². The van der Waals surface area contributed by atoms with Crippen molar-refractivity contribution in [3.63, 3.8) is 0 Å². The number of ketones is 1. The topological polar surface area (TPSA) is 113 Å². The molecule has 9 heteroatoms. The maximum atomic E-state index is 12.4. The molecule has 192 valence electrons. The number of Topliss-reactive ketones (excluding diaryl/α,β-unsaturated/α-hetero) is 1. The van der Waals surface area contributed by atoms with Crippen molar-refractivity contribution in [3.8, 4) is 11.5 Å². The second-order valence-electron chi connectivity index (χ2n) is 10.1. The fourth-order valence-electron chi connectivity index (χ4n) is 5.43. The van der Waals surface area contributed by atoms with Gasteiger partial charge in [-0.2, -0.15) is 13.5 Å². The van der Waals surface area contributed by atoms with Crippen molar-refractivity contribution in [1.82, 2.24) is 4.90 Å². The normalized spacial score (nSPS) is 25.5. The Morgan fingerprint density at radius 1 is 1.26 bits per heavy atom. The number of carboxylic acid groups (broad SMARTS) is 1. The van der Waals surface area contributed by atoms with E-state index in [-0.39, 0.29) is 61.7 Å². The monoisotopic (exact) mass is 505 g/mol. The molecule has 2 N–H and O–H groups in total. The van der Waals surface area contributed by atoms with Crippen LogP contribution in [0.25, 0.3) is 0 Å². The average Bonchev–Trinajstić information content (AvgIpc) is 3.04. The van der Waals surface area contributed by atoms with E-state index < -0.39 is 24.0 Å². The lowest BCUT2D eigenvalue weighted by molar-refractivity contribution is -0.149. The molecule has 2 aliphatic heterocycles. The van der Waals surface area contributed by atoms with Crippen molar-refractivity contribution in [2.45, 2.75) is 70.1 Å². The fourth-order valence-corrected chi connectivity index (χ4v) is 5.43. The van der Waals surface area contributed by atoms with Crippen molar-refractivity contribution in [3.05, 3.63) is 35.4 Å². The van der Waals surface area contributed by atoms with E-state index in [0.717, 1.165) is 30.6 Å². The van der Waals surface area contributed by atoms with Crippen molar-refractivity contribution >= 4 is 31.2 Å². The number of hydrogen-bond donors (Lipinski definition) is 2. The Balaban J connectivity index is 0.00000342. The summed E-state index contributed by atoms with van der Waals surface area (Å²) < 4.78 is 11.8. The van der Waals surface area contributed by atoms with Gasteiger partial charge in [0.1, 0.15) is 18.0 Å². The van der Waals surface area contributed by atoms with Crippen LogP contribution in [-0.2, 0) is 31.1 Å². The predicted molar refractivity (Wildman–Crippen MR) is 134 cm³/mol. The van der Waals surface area contributed by atoms with Crippen LogP contribution in [0.2, 0.25) is 0 Å². The lowest BCUT2D eigenvalue weighted by Gasteiger charge is -2.36. The van der Waals surface area contributed by atoms with E-state index in [4.69, 9.17) is 9.47 Å². The zero-order chi connectivity index (χ0) is 24.6. The van der Waals surface area contributed by atoms with Crippen LogP contribution in [0.4, 0.5) is 0 Å². The SMILES string of the molecule is CC(C)[C@H](CC(=O)CCC(=O)O[C@H]1C=C[C@@]23CCN(C)Cc4ccc(O)c(c42)O[C@H]3C1)C(=O)O.S. The van der Waals surface area contributed by atoms with Crippen LogP contribution in [-0.4, -0.2) is 58.6 Å². The number of benzene rings is 1. The maximum absolute atomic E-state index is 12.4. The molecule has 0 aromatic heterocycles. The van der Waals surface area contributed by atoms with Crippen LogP contribution >= 0.6 is 13.5 Å². The summed E-state index contributed by atoms with van der Waals surface area (Å²) in [6.45, 7) is 5.18. The predicted octanol–water partition coefficient (Wildman–Crippen LogP) is 3.31. The molecular weight excluding hydrogens is 470 g/mol. The third-order valence-corrected chi connectivity index (χ3v) is 7.39. The van der Waals surface area contributed by atoms with Crippen molar-refractivity contribution in [1.29, 1.82) is 0 Å². The van der Waals surface area contributed by atoms with Crippen LogP contribution in [0.5, 0.6) is 11.5 Å². The summed E-state index contributed by atoms with van der Waals surface area (Å²) in [6, 6.07) is 3.62. The van der Waals surface area contributed by atoms with Crippen LogP contribution in [0.1, 0.15) is 57.1 Å². The van der Waals surface area contributed by atoms with Gasteiger partial charge < -0.3 is 24.6 Å². The quantitative estimate of drug-likeness (QED) is 0.409. The third-order valence-electron chi connectivity index (χ3n) is 7.39. The van der Waals surface area contributed by atoms with Gasteiger partial charge >= 0.3 is 11.9 Å². The first kappa shape index (κ1) is 27.1. The molecule has 0 saturated carbocycles. The standard InChI is InChI=1S/C26H33NO7.H2S/c1-15(2)19(25(31)32)12-17(28)5-7-22(30)33-18-8-9-26-10-11-27(3)14-16-4-6-20(29)24(23(16)26)34-21(26)13-18;/h4,6,8-9,15,18-19,21,29H,5,7,10-14H2,1-3H3,(H,31,32);1H2/t18-,19-,21-,26-;/m0./s1. The van der Waals surface area contributed by atoms with E-state index in [9.17, 15) is 24.6 Å². The first-order chi connectivity index (χ1) is 16.1. The second kappa shape index (κ2) is 10.6. The van der Waals surface area contributed by atoms with Gasteiger partial charge in [0.15, 0.2) is 11.5 Å². The number of carbonyl (C=O) groups is 3. The number of hydrogen-bond acceptors (Lipinski definition) is 7. The minimum atomic E-state index is -0.997. The molecule has 35 heavy (non-hydrogen) atoms. The number of carbonyl (C=O) groups excluding carboxylic acids is 2. The summed E-state index contributed by atoms with van der Waals surface area (Å²) in [5.74, 6) is -2.00. The number of aliphatic carboxylic acids is 1. The Labute approximate surface area is 212 Å². The average molecular weight is 506 g/mol. The molecule has 0 radical (unpaired) electrons. The van der Waals surface area contributed by atoms with Gasteiger partial charge in [0.05, 0.1) is 17.8 Å². The lowest BCUT2D eigenvalue weighted by atomic mass is 9.69. The number of carboxylic acids is 1. The van der Waals surface area contributed by atoms with E-state index in [1.165, 1.54) is 0 Å². The molecule has 8 nitrogen and oxygen atoms in total. The Kier molecular flexibility index (Phi) is 8.21. The Morgan fingerprint density at radius 2 is 2.00 bits per heavy atom. The van der Waals surface area contributed by atoms with Crippen LogP contribution in [0.3, 0.4) is 0 Å². The highest BCUT2D eigenvalue weighted by molar-refractivity contribution is 7.59. The number of esters is 1. The van der Waals surface area contributed by atoms with Gasteiger partial charge in [0.25, 0.3) is 0 Å². The van der Waals surface area contributed by atoms with Gasteiger partial charge in [0.2, 0.25) is 0 Å². The molecule has 4 rings (SSSR count). The lowest BCUT2D eigenvalue weighted by Crippen LogP contribution is -2.43. The van der Waals surface area contributed by atoms with Gasteiger partial charge in [-0.05, 0) is 43.6 Å². The fraction of sp³-hybridized carbons (Fsp3) is 0.577. The summed E-state index contributed by atoms with van der Waals surface area (Å²) >= 11 is 0. The molecule has 1 aromatic rings. The number of aromatic hydroxyl groups is 1. The number of phenolic OH excluding ortho intramolecular Hbond substituents is 1. The smallest absolute Gasteiger partial charge is 0.307 e.